The fourth-order valence-electron chi connectivity index (χ4n) is 4.57. The fraction of sp³-hybridized carbons (Fsp3) is 0.0968. The summed E-state index contributed by atoms with van der Waals surface area (Å²) in [4.78, 5) is 25.5. The molecule has 0 radical (unpaired) electrons. The number of ketones is 1. The molecule has 1 heterocycles. The van der Waals surface area contributed by atoms with Crippen LogP contribution in [0.3, 0.4) is 0 Å². The van der Waals surface area contributed by atoms with Gasteiger partial charge in [0.1, 0.15) is 11.5 Å². The van der Waals surface area contributed by atoms with Gasteiger partial charge in [0.2, 0.25) is 0 Å². The fourth-order valence-corrected chi connectivity index (χ4v) is 4.57. The van der Waals surface area contributed by atoms with E-state index in [1.54, 1.807) is 38.3 Å². The molecule has 0 N–H and O–H groups in total. The molecule has 0 aliphatic heterocycles. The van der Waals surface area contributed by atoms with E-state index in [0.717, 1.165) is 39.2 Å². The van der Waals surface area contributed by atoms with Crippen molar-refractivity contribution in [2.24, 2.45) is 0 Å². The minimum Gasteiger partial charge on any atom is -0.497 e. The minimum absolute atomic E-state index is 0.0512. The van der Waals surface area contributed by atoms with E-state index in [2.05, 4.69) is 0 Å². The summed E-state index contributed by atoms with van der Waals surface area (Å²) < 4.78 is 13.0. The molecule has 0 amide bonds. The van der Waals surface area contributed by atoms with Gasteiger partial charge < -0.3 is 14.0 Å². The summed E-state index contributed by atoms with van der Waals surface area (Å²) in [7, 11) is 1.62. The Morgan fingerprint density at radius 3 is 2.03 bits per heavy atom. The van der Waals surface area contributed by atoms with E-state index in [-0.39, 0.29) is 5.78 Å². The van der Waals surface area contributed by atoms with E-state index in [4.69, 9.17) is 9.47 Å². The van der Waals surface area contributed by atoms with Crippen LogP contribution in [0, 0.1) is 6.92 Å². The molecule has 0 saturated carbocycles. The number of carbonyl (C=O) groups excluding carboxylic acids is 2. The molecule has 0 unspecified atom stereocenters. The smallest absolute Gasteiger partial charge is 0.343 e. The Balaban J connectivity index is 1.47. The zero-order valence-corrected chi connectivity index (χ0v) is 20.3. The van der Waals surface area contributed by atoms with E-state index >= 15 is 0 Å². The SMILES string of the molecule is COc1ccc(-n2c(C)c(C(C)=O)c3cc(OC(=O)c4ccc(-c5ccccc5)cc4)ccc32)cc1. The average molecular weight is 476 g/mol. The molecule has 5 aromatic rings. The Morgan fingerprint density at radius 1 is 0.750 bits per heavy atom. The molecule has 0 fully saturated rings. The Hall–Kier alpha value is -4.64. The highest BCUT2D eigenvalue weighted by Gasteiger charge is 2.20. The highest BCUT2D eigenvalue weighted by atomic mass is 16.5. The Morgan fingerprint density at radius 2 is 1.39 bits per heavy atom. The summed E-state index contributed by atoms with van der Waals surface area (Å²) in [5.74, 6) is 0.633. The van der Waals surface area contributed by atoms with Crippen molar-refractivity contribution >= 4 is 22.7 Å². The van der Waals surface area contributed by atoms with Gasteiger partial charge in [0.25, 0.3) is 0 Å². The third-order valence-electron chi connectivity index (χ3n) is 6.30. The maximum Gasteiger partial charge on any atom is 0.343 e. The largest absolute Gasteiger partial charge is 0.497 e. The summed E-state index contributed by atoms with van der Waals surface area (Å²) in [6, 6.07) is 30.3. The third-order valence-corrected chi connectivity index (χ3v) is 6.30. The molecule has 0 spiro atoms. The van der Waals surface area contributed by atoms with Gasteiger partial charge in [-0.05, 0) is 79.6 Å². The second-order valence-electron chi connectivity index (χ2n) is 8.56. The Kier molecular flexibility index (Phi) is 6.13. The van der Waals surface area contributed by atoms with Crippen LogP contribution in [0.2, 0.25) is 0 Å². The molecule has 36 heavy (non-hydrogen) atoms. The van der Waals surface area contributed by atoms with E-state index in [1.165, 1.54) is 0 Å². The van der Waals surface area contributed by atoms with E-state index < -0.39 is 5.97 Å². The lowest BCUT2D eigenvalue weighted by atomic mass is 10.0. The number of fused-ring (bicyclic) bond motifs is 1. The number of aromatic nitrogens is 1. The van der Waals surface area contributed by atoms with Gasteiger partial charge >= 0.3 is 5.97 Å². The molecule has 5 nitrogen and oxygen atoms in total. The number of ether oxygens (including phenoxy) is 2. The second-order valence-corrected chi connectivity index (χ2v) is 8.56. The molecule has 0 atom stereocenters. The topological polar surface area (TPSA) is 57.5 Å². The maximum absolute atomic E-state index is 12.9. The summed E-state index contributed by atoms with van der Waals surface area (Å²) in [5, 5.41) is 0.737. The summed E-state index contributed by atoms with van der Waals surface area (Å²) in [6.45, 7) is 3.47. The van der Waals surface area contributed by atoms with Crippen LogP contribution in [0.25, 0.3) is 27.7 Å². The van der Waals surface area contributed by atoms with Crippen molar-refractivity contribution in [1.82, 2.24) is 4.57 Å². The highest BCUT2D eigenvalue weighted by molar-refractivity contribution is 6.09. The van der Waals surface area contributed by atoms with Gasteiger partial charge in [-0.25, -0.2) is 4.79 Å². The molecule has 5 heteroatoms. The van der Waals surface area contributed by atoms with Crippen LogP contribution >= 0.6 is 0 Å². The molecule has 0 aliphatic carbocycles. The minimum atomic E-state index is -0.454. The zero-order chi connectivity index (χ0) is 25.2. The predicted molar refractivity (Wildman–Crippen MR) is 141 cm³/mol. The van der Waals surface area contributed by atoms with Gasteiger partial charge in [-0.15, -0.1) is 0 Å². The number of rotatable bonds is 6. The molecular weight excluding hydrogens is 450 g/mol. The summed E-state index contributed by atoms with van der Waals surface area (Å²) in [5.41, 5.74) is 5.75. The first-order valence-corrected chi connectivity index (χ1v) is 11.6. The van der Waals surface area contributed by atoms with Crippen molar-refractivity contribution < 1.29 is 19.1 Å². The highest BCUT2D eigenvalue weighted by Crippen LogP contribution is 2.33. The first-order valence-electron chi connectivity index (χ1n) is 11.6. The van der Waals surface area contributed by atoms with Gasteiger partial charge in [0, 0.05) is 22.3 Å². The molecule has 4 aromatic carbocycles. The Labute approximate surface area is 209 Å². The standard InChI is InChI=1S/C31H25NO4/c1-20-30(21(2)33)28-19-27(17-18-29(28)32(20)25-13-15-26(35-3)16-14-25)36-31(34)24-11-9-23(10-12-24)22-7-5-4-6-8-22/h4-19H,1-3H3. The van der Waals surface area contributed by atoms with Crippen molar-refractivity contribution in [3.63, 3.8) is 0 Å². The van der Waals surface area contributed by atoms with Crippen molar-refractivity contribution in [1.29, 1.82) is 0 Å². The average Bonchev–Trinajstić information content (AvgIpc) is 3.20. The first kappa shape index (κ1) is 23.1. The monoisotopic (exact) mass is 475 g/mol. The number of benzene rings is 4. The van der Waals surface area contributed by atoms with Crippen molar-refractivity contribution in [2.45, 2.75) is 13.8 Å². The number of hydrogen-bond donors (Lipinski definition) is 0. The van der Waals surface area contributed by atoms with Crippen LogP contribution in [-0.2, 0) is 0 Å². The normalized spacial score (nSPS) is 10.9. The lowest BCUT2D eigenvalue weighted by Gasteiger charge is -2.10. The molecule has 0 bridgehead atoms. The second kappa shape index (κ2) is 9.55. The number of esters is 1. The third kappa shape index (κ3) is 4.27. The quantitative estimate of drug-likeness (QED) is 0.150. The van der Waals surface area contributed by atoms with Crippen LogP contribution < -0.4 is 9.47 Å². The van der Waals surface area contributed by atoms with Crippen LogP contribution in [0.15, 0.2) is 97.1 Å². The van der Waals surface area contributed by atoms with E-state index in [9.17, 15) is 9.59 Å². The molecule has 0 saturated heterocycles. The number of nitrogens with zero attached hydrogens (tertiary/aromatic N) is 1. The van der Waals surface area contributed by atoms with E-state index in [1.807, 2.05) is 84.3 Å². The van der Waals surface area contributed by atoms with Crippen LogP contribution in [0.5, 0.6) is 11.5 Å². The van der Waals surface area contributed by atoms with Gasteiger partial charge in [0.05, 0.1) is 18.2 Å². The van der Waals surface area contributed by atoms with Crippen LogP contribution in [0.1, 0.15) is 33.3 Å². The number of Topliss-reactive ketones (excluding diaryl/α,β-unsaturated/α-hetero) is 1. The van der Waals surface area contributed by atoms with Gasteiger partial charge in [-0.3, -0.25) is 4.79 Å². The Bertz CT molecular complexity index is 1560. The van der Waals surface area contributed by atoms with Crippen LogP contribution in [-0.4, -0.2) is 23.4 Å². The van der Waals surface area contributed by atoms with Crippen molar-refractivity contribution in [2.75, 3.05) is 7.11 Å². The summed E-state index contributed by atoms with van der Waals surface area (Å²) in [6.07, 6.45) is 0. The van der Waals surface area contributed by atoms with Gasteiger partial charge in [-0.1, -0.05) is 42.5 Å². The predicted octanol–water partition coefficient (Wildman–Crippen LogP) is 7.04. The van der Waals surface area contributed by atoms with Crippen molar-refractivity contribution in [3.8, 4) is 28.3 Å². The zero-order valence-electron chi connectivity index (χ0n) is 20.3. The molecule has 5 rings (SSSR count). The van der Waals surface area contributed by atoms with E-state index in [0.29, 0.717) is 16.9 Å². The van der Waals surface area contributed by atoms with Crippen LogP contribution in [0.4, 0.5) is 0 Å². The number of carbonyl (C=O) groups is 2. The molecule has 1 aromatic heterocycles. The maximum atomic E-state index is 12.9. The first-order chi connectivity index (χ1) is 17.5. The molecular formula is C31H25NO4. The molecule has 178 valence electrons. The lowest BCUT2D eigenvalue weighted by Crippen LogP contribution is -2.08. The summed E-state index contributed by atoms with van der Waals surface area (Å²) >= 11 is 0. The van der Waals surface area contributed by atoms with Gasteiger partial charge in [-0.2, -0.15) is 0 Å². The number of hydrogen-bond acceptors (Lipinski definition) is 4. The molecule has 0 aliphatic rings. The van der Waals surface area contributed by atoms with Gasteiger partial charge in [0.15, 0.2) is 5.78 Å². The lowest BCUT2D eigenvalue weighted by molar-refractivity contribution is 0.0735. The van der Waals surface area contributed by atoms with Crippen molar-refractivity contribution in [3.05, 3.63) is 114 Å². The number of methoxy groups -OCH3 is 1.